The molecule has 0 fully saturated rings. The maximum atomic E-state index is 15.1. The van der Waals surface area contributed by atoms with E-state index < -0.39 is 17.6 Å². The summed E-state index contributed by atoms with van der Waals surface area (Å²) in [6.07, 6.45) is 5.81. The average Bonchev–Trinajstić information content (AvgIpc) is 3.32. The van der Waals surface area contributed by atoms with Crippen LogP contribution in [0.1, 0.15) is 23.0 Å². The summed E-state index contributed by atoms with van der Waals surface area (Å²) in [7, 11) is 0. The number of pyridine rings is 1. The van der Waals surface area contributed by atoms with Gasteiger partial charge in [-0.3, -0.25) is 9.59 Å². The fraction of sp³-hybridized carbons (Fsp3) is 0.0690. The third kappa shape index (κ3) is 5.22. The number of primary amides is 1. The molecule has 2 aromatic carbocycles. The van der Waals surface area contributed by atoms with Crippen LogP contribution in [0.2, 0.25) is 0 Å². The van der Waals surface area contributed by atoms with Gasteiger partial charge in [-0.25, -0.2) is 19.3 Å². The smallest absolute Gasteiger partial charge is 0.322 e. The van der Waals surface area contributed by atoms with E-state index in [1.54, 1.807) is 43.5 Å². The largest absolute Gasteiger partial charge is 0.424 e. The molecule has 0 aliphatic rings. The molecule has 0 spiro atoms. The van der Waals surface area contributed by atoms with Gasteiger partial charge in [0, 0.05) is 33.9 Å². The second-order valence-electron chi connectivity index (χ2n) is 8.72. The molecular formula is C29H23FN6O3S. The van der Waals surface area contributed by atoms with E-state index in [-0.39, 0.29) is 23.1 Å². The molecule has 0 bridgehead atoms. The first-order chi connectivity index (χ1) is 19.2. The molecule has 0 radical (unpaired) electrons. The number of fused-ring (bicyclic) bond motifs is 1. The highest BCUT2D eigenvalue weighted by molar-refractivity contribution is 7.23. The van der Waals surface area contributed by atoms with Crippen LogP contribution in [0.4, 0.5) is 15.9 Å². The van der Waals surface area contributed by atoms with Gasteiger partial charge in [0.1, 0.15) is 17.4 Å². The van der Waals surface area contributed by atoms with Gasteiger partial charge in [-0.05, 0) is 61.4 Å². The Morgan fingerprint density at radius 3 is 2.50 bits per heavy atom. The van der Waals surface area contributed by atoms with Crippen molar-refractivity contribution in [1.82, 2.24) is 15.0 Å². The van der Waals surface area contributed by atoms with Crippen LogP contribution in [0.15, 0.2) is 73.1 Å². The number of thiophene rings is 1. The number of amides is 2. The number of hydrogen-bond acceptors (Lipinski definition) is 8. The van der Waals surface area contributed by atoms with Crippen molar-refractivity contribution in [2.75, 3.05) is 11.1 Å². The molecule has 11 heteroatoms. The number of rotatable bonds is 7. The number of aromatic nitrogens is 3. The topological polar surface area (TPSA) is 146 Å². The summed E-state index contributed by atoms with van der Waals surface area (Å²) in [6, 6.07) is 13.6. The number of benzene rings is 2. The lowest BCUT2D eigenvalue weighted by atomic mass is 9.98. The minimum absolute atomic E-state index is 0.0355. The molecule has 0 saturated carbocycles. The quantitative estimate of drug-likeness (QED) is 0.214. The van der Waals surface area contributed by atoms with E-state index in [4.69, 9.17) is 16.2 Å². The van der Waals surface area contributed by atoms with Crippen molar-refractivity contribution < 1.29 is 18.7 Å². The lowest BCUT2D eigenvalue weighted by molar-refractivity contribution is -0.111. The molecule has 9 nitrogen and oxygen atoms in total. The zero-order chi connectivity index (χ0) is 28.4. The van der Waals surface area contributed by atoms with Gasteiger partial charge in [0.15, 0.2) is 0 Å². The third-order valence-corrected chi connectivity index (χ3v) is 7.21. The SMILES string of the molecule is CC=CC(=O)Nc1ccc(-c2sc3c(C(N)=O)cnc(N)c3c2-c2ccc(Oc3nccc(C)n3)cc2)cc1F. The first-order valence-corrected chi connectivity index (χ1v) is 12.9. The van der Waals surface area contributed by atoms with Crippen LogP contribution in [-0.4, -0.2) is 26.8 Å². The predicted octanol–water partition coefficient (Wildman–Crippen LogP) is 5.86. The lowest BCUT2D eigenvalue weighted by Crippen LogP contribution is -2.11. The van der Waals surface area contributed by atoms with E-state index in [9.17, 15) is 9.59 Å². The molecule has 40 heavy (non-hydrogen) atoms. The Hall–Kier alpha value is -5.16. The van der Waals surface area contributed by atoms with Crippen molar-refractivity contribution in [3.8, 4) is 33.3 Å². The van der Waals surface area contributed by atoms with Crippen LogP contribution in [0.25, 0.3) is 31.7 Å². The summed E-state index contributed by atoms with van der Waals surface area (Å²) in [5, 5.41) is 3.04. The number of carbonyl (C=O) groups excluding carboxylic acids is 2. The highest BCUT2D eigenvalue weighted by Crippen LogP contribution is 2.48. The van der Waals surface area contributed by atoms with Gasteiger partial charge in [0.05, 0.1) is 16.0 Å². The monoisotopic (exact) mass is 554 g/mol. The maximum Gasteiger partial charge on any atom is 0.322 e. The number of allylic oxidation sites excluding steroid dienone is 1. The Bertz CT molecular complexity index is 1800. The van der Waals surface area contributed by atoms with E-state index >= 15 is 4.39 Å². The number of aryl methyl sites for hydroxylation is 1. The summed E-state index contributed by atoms with van der Waals surface area (Å²) < 4.78 is 21.4. The number of halogens is 1. The van der Waals surface area contributed by atoms with Gasteiger partial charge in [-0.15, -0.1) is 11.3 Å². The second kappa shape index (κ2) is 10.9. The number of ether oxygens (including phenoxy) is 1. The number of anilines is 2. The van der Waals surface area contributed by atoms with Gasteiger partial charge in [0.2, 0.25) is 5.91 Å². The van der Waals surface area contributed by atoms with Gasteiger partial charge in [-0.2, -0.15) is 0 Å². The maximum absolute atomic E-state index is 15.1. The van der Waals surface area contributed by atoms with E-state index in [0.29, 0.717) is 31.8 Å². The molecule has 200 valence electrons. The zero-order valence-electron chi connectivity index (χ0n) is 21.4. The molecular weight excluding hydrogens is 531 g/mol. The summed E-state index contributed by atoms with van der Waals surface area (Å²) >= 11 is 1.25. The molecule has 0 saturated heterocycles. The number of carbonyl (C=O) groups is 2. The summed E-state index contributed by atoms with van der Waals surface area (Å²) in [5.41, 5.74) is 14.8. The Kier molecular flexibility index (Phi) is 7.21. The molecule has 3 heterocycles. The lowest BCUT2D eigenvalue weighted by Gasteiger charge is -2.10. The molecule has 5 rings (SSSR count). The number of hydrogen-bond donors (Lipinski definition) is 3. The van der Waals surface area contributed by atoms with E-state index in [1.165, 1.54) is 35.7 Å². The molecule has 3 aromatic heterocycles. The first kappa shape index (κ1) is 26.4. The highest BCUT2D eigenvalue weighted by atomic mass is 32.1. The molecule has 5 aromatic rings. The summed E-state index contributed by atoms with van der Waals surface area (Å²) in [6.45, 7) is 3.53. The highest BCUT2D eigenvalue weighted by Gasteiger charge is 2.23. The molecule has 0 atom stereocenters. The van der Waals surface area contributed by atoms with Crippen molar-refractivity contribution in [2.24, 2.45) is 5.73 Å². The molecule has 2 amide bonds. The van der Waals surface area contributed by atoms with Crippen LogP contribution in [0, 0.1) is 12.7 Å². The average molecular weight is 555 g/mol. The van der Waals surface area contributed by atoms with Crippen LogP contribution >= 0.6 is 11.3 Å². The van der Waals surface area contributed by atoms with Crippen molar-refractivity contribution >= 4 is 44.7 Å². The van der Waals surface area contributed by atoms with Crippen molar-refractivity contribution in [2.45, 2.75) is 13.8 Å². The van der Waals surface area contributed by atoms with E-state index in [1.807, 2.05) is 19.1 Å². The predicted molar refractivity (Wildman–Crippen MR) is 154 cm³/mol. The molecule has 5 N–H and O–H groups in total. The van der Waals surface area contributed by atoms with Gasteiger partial charge >= 0.3 is 6.01 Å². The minimum Gasteiger partial charge on any atom is -0.424 e. The Labute approximate surface area is 232 Å². The van der Waals surface area contributed by atoms with Crippen LogP contribution in [0.3, 0.4) is 0 Å². The van der Waals surface area contributed by atoms with Gasteiger partial charge < -0.3 is 21.5 Å². The van der Waals surface area contributed by atoms with Gasteiger partial charge in [-0.1, -0.05) is 24.3 Å². The molecule has 0 aliphatic carbocycles. The fourth-order valence-electron chi connectivity index (χ4n) is 4.13. The van der Waals surface area contributed by atoms with E-state index in [0.717, 1.165) is 11.3 Å². The Balaban J connectivity index is 1.63. The number of nitrogens with two attached hydrogens (primary N) is 2. The number of nitrogens with zero attached hydrogens (tertiary/aromatic N) is 3. The fourth-order valence-corrected chi connectivity index (χ4v) is 5.47. The van der Waals surface area contributed by atoms with Crippen LogP contribution < -0.4 is 21.5 Å². The first-order valence-electron chi connectivity index (χ1n) is 12.1. The number of nitrogens with one attached hydrogen (secondary N) is 1. The Morgan fingerprint density at radius 2 is 1.82 bits per heavy atom. The zero-order valence-corrected chi connectivity index (χ0v) is 22.3. The third-order valence-electron chi connectivity index (χ3n) is 5.94. The molecule has 0 aliphatic heterocycles. The van der Waals surface area contributed by atoms with Crippen LogP contribution in [0.5, 0.6) is 11.8 Å². The van der Waals surface area contributed by atoms with Gasteiger partial charge in [0.25, 0.3) is 5.91 Å². The van der Waals surface area contributed by atoms with Crippen LogP contribution in [-0.2, 0) is 4.79 Å². The van der Waals surface area contributed by atoms with E-state index in [2.05, 4.69) is 20.3 Å². The van der Waals surface area contributed by atoms with Crippen molar-refractivity contribution in [3.63, 3.8) is 0 Å². The number of nitrogen functional groups attached to an aromatic ring is 1. The minimum atomic E-state index is -0.660. The Morgan fingerprint density at radius 1 is 1.07 bits per heavy atom. The normalized spacial score (nSPS) is 11.2. The standard InChI is InChI=1S/C29H23FN6O3S/c1-3-4-22(37)36-21-10-7-17(13-20(21)30)25-23(24-26(40-25)19(28(32)38)14-34-27(24)31)16-5-8-18(9-6-16)39-29-33-12-11-15(2)35-29/h3-14H,1-2H3,(H2,31,34)(H2,32,38)(H,36,37). The van der Waals surface area contributed by atoms with Crippen molar-refractivity contribution in [1.29, 1.82) is 0 Å². The van der Waals surface area contributed by atoms with Crippen molar-refractivity contribution in [3.05, 3.63) is 90.2 Å². The molecule has 0 unspecified atom stereocenters. The summed E-state index contributed by atoms with van der Waals surface area (Å²) in [4.78, 5) is 37.4. The second-order valence-corrected chi connectivity index (χ2v) is 9.74. The summed E-state index contributed by atoms with van der Waals surface area (Å²) in [5.74, 6) is -1.03.